The van der Waals surface area contributed by atoms with Crippen LogP contribution < -0.4 is 10.4 Å². The van der Waals surface area contributed by atoms with E-state index in [2.05, 4.69) is 6.92 Å². The third kappa shape index (κ3) is 4.41. The number of allylic oxidation sites excluding steroid dienone is 2. The zero-order valence-corrected chi connectivity index (χ0v) is 16.3. The van der Waals surface area contributed by atoms with Crippen LogP contribution in [0.15, 0.2) is 17.9 Å². The van der Waals surface area contributed by atoms with E-state index in [4.69, 9.17) is 4.74 Å². The molecule has 1 saturated carbocycles. The summed E-state index contributed by atoms with van der Waals surface area (Å²) in [7, 11) is 0. The van der Waals surface area contributed by atoms with Crippen LogP contribution in [-0.4, -0.2) is 6.61 Å². The first-order chi connectivity index (χ1) is 13.0. The molecule has 0 aromatic heterocycles. The van der Waals surface area contributed by atoms with E-state index in [9.17, 15) is 13.2 Å². The lowest BCUT2D eigenvalue weighted by Crippen LogP contribution is -2.28. The van der Waals surface area contributed by atoms with Crippen molar-refractivity contribution in [2.75, 3.05) is 6.61 Å². The van der Waals surface area contributed by atoms with Gasteiger partial charge in [0.1, 0.15) is 0 Å². The van der Waals surface area contributed by atoms with Crippen LogP contribution in [0.5, 0.6) is 0 Å². The van der Waals surface area contributed by atoms with Crippen LogP contribution in [0.1, 0.15) is 64.4 Å². The van der Waals surface area contributed by atoms with Crippen molar-refractivity contribution < 1.29 is 17.9 Å². The second-order valence-electron chi connectivity index (χ2n) is 7.76. The number of hydrogen-bond donors (Lipinski definition) is 0. The van der Waals surface area contributed by atoms with Gasteiger partial charge >= 0.3 is 0 Å². The molecule has 1 nitrogen and oxygen atoms in total. The molecule has 0 amide bonds. The number of benzene rings is 1. The van der Waals surface area contributed by atoms with Crippen LogP contribution in [-0.2, 0) is 11.2 Å². The Bertz CT molecular complexity index is 817. The first-order valence-corrected chi connectivity index (χ1v) is 10.2. The molecule has 1 aromatic rings. The van der Waals surface area contributed by atoms with Crippen LogP contribution in [0.25, 0.3) is 11.9 Å². The van der Waals surface area contributed by atoms with Gasteiger partial charge in [-0.2, -0.15) is 0 Å². The predicted octanol–water partition coefficient (Wildman–Crippen LogP) is 5.30. The highest BCUT2D eigenvalue weighted by atomic mass is 19.2. The van der Waals surface area contributed by atoms with Crippen molar-refractivity contribution in [3.63, 3.8) is 0 Å². The minimum Gasteiger partial charge on any atom is -0.491 e. The van der Waals surface area contributed by atoms with Gasteiger partial charge in [0.2, 0.25) is 0 Å². The number of halogens is 3. The first-order valence-electron chi connectivity index (χ1n) is 10.2. The van der Waals surface area contributed by atoms with Gasteiger partial charge in [-0.1, -0.05) is 38.7 Å². The van der Waals surface area contributed by atoms with Gasteiger partial charge in [-0.25, -0.2) is 13.2 Å². The fourth-order valence-corrected chi connectivity index (χ4v) is 4.40. The van der Waals surface area contributed by atoms with Gasteiger partial charge in [0.15, 0.2) is 23.2 Å². The van der Waals surface area contributed by atoms with Crippen molar-refractivity contribution >= 4 is 11.9 Å². The van der Waals surface area contributed by atoms with E-state index in [1.54, 1.807) is 25.1 Å². The molecule has 0 unspecified atom stereocenters. The van der Waals surface area contributed by atoms with Crippen LogP contribution >= 0.6 is 0 Å². The smallest absolute Gasteiger partial charge is 0.175 e. The molecule has 1 fully saturated rings. The summed E-state index contributed by atoms with van der Waals surface area (Å²) in [6.07, 6.45) is 11.8. The quantitative estimate of drug-likeness (QED) is 0.653. The highest BCUT2D eigenvalue weighted by Gasteiger charge is 2.22. The average molecular weight is 378 g/mol. The molecule has 0 saturated heterocycles. The summed E-state index contributed by atoms with van der Waals surface area (Å²) in [5.41, 5.74) is 0.479. The summed E-state index contributed by atoms with van der Waals surface area (Å²) < 4.78 is 48.8. The number of hydrogen-bond acceptors (Lipinski definition) is 1. The van der Waals surface area contributed by atoms with Gasteiger partial charge in [-0.05, 0) is 62.1 Å². The summed E-state index contributed by atoms with van der Waals surface area (Å²) in [5.74, 6) is -1.51. The number of rotatable bonds is 6. The lowest BCUT2D eigenvalue weighted by atomic mass is 9.79. The standard InChI is InChI=1S/C23H29F3O/c1-3-5-15-6-8-16(9-7-15)10-11-18-14-17-12-13-19(27-4-2)22(25)20(17)23(26)21(18)24/h11,13-16H,3-10,12H2,1-2H3/b18-11-. The minimum absolute atomic E-state index is 0.00358. The second kappa shape index (κ2) is 8.99. The lowest BCUT2D eigenvalue weighted by molar-refractivity contribution is 0.236. The number of fused-ring (bicyclic) bond motifs is 1. The monoisotopic (exact) mass is 378 g/mol. The molecule has 27 heavy (non-hydrogen) atoms. The first kappa shape index (κ1) is 20.0. The highest BCUT2D eigenvalue weighted by Crippen LogP contribution is 2.33. The molecule has 0 spiro atoms. The molecule has 148 valence electrons. The fraction of sp³-hybridized carbons (Fsp3) is 0.565. The largest absolute Gasteiger partial charge is 0.491 e. The van der Waals surface area contributed by atoms with E-state index in [1.165, 1.54) is 25.7 Å². The van der Waals surface area contributed by atoms with Crippen molar-refractivity contribution in [1.82, 2.24) is 0 Å². The van der Waals surface area contributed by atoms with Crippen molar-refractivity contribution in [3.8, 4) is 0 Å². The third-order valence-corrected chi connectivity index (χ3v) is 5.89. The minimum atomic E-state index is -1.10. The zero-order chi connectivity index (χ0) is 19.4. The predicted molar refractivity (Wildman–Crippen MR) is 103 cm³/mol. The van der Waals surface area contributed by atoms with Gasteiger partial charge in [0, 0.05) is 5.22 Å². The van der Waals surface area contributed by atoms with E-state index >= 15 is 0 Å². The second-order valence-corrected chi connectivity index (χ2v) is 7.76. The van der Waals surface area contributed by atoms with Crippen LogP contribution in [0.4, 0.5) is 13.2 Å². The maximum absolute atomic E-state index is 14.6. The van der Waals surface area contributed by atoms with E-state index in [0.717, 1.165) is 25.2 Å². The zero-order valence-electron chi connectivity index (χ0n) is 16.3. The number of ether oxygens (including phenoxy) is 1. The topological polar surface area (TPSA) is 9.23 Å². The van der Waals surface area contributed by atoms with Crippen molar-refractivity contribution in [2.45, 2.75) is 65.2 Å². The Morgan fingerprint density at radius 1 is 1.04 bits per heavy atom. The van der Waals surface area contributed by atoms with Crippen LogP contribution in [0, 0.1) is 23.5 Å². The summed E-state index contributed by atoms with van der Waals surface area (Å²) in [4.78, 5) is 0. The van der Waals surface area contributed by atoms with Gasteiger partial charge in [0.05, 0.1) is 11.8 Å². The molecular weight excluding hydrogens is 349 g/mol. The van der Waals surface area contributed by atoms with E-state index in [1.807, 2.05) is 0 Å². The molecule has 0 aliphatic heterocycles. The Kier molecular flexibility index (Phi) is 6.67. The maximum atomic E-state index is 14.6. The van der Waals surface area contributed by atoms with Crippen LogP contribution in [0.3, 0.4) is 0 Å². The van der Waals surface area contributed by atoms with Gasteiger partial charge < -0.3 is 4.74 Å². The lowest BCUT2D eigenvalue weighted by Gasteiger charge is -2.27. The molecule has 2 aliphatic rings. The molecule has 0 radical (unpaired) electrons. The molecular formula is C23H29F3O. The van der Waals surface area contributed by atoms with Gasteiger partial charge in [-0.15, -0.1) is 0 Å². The normalized spacial score (nSPS) is 23.2. The molecule has 0 N–H and O–H groups in total. The third-order valence-electron chi connectivity index (χ3n) is 5.89. The Hall–Kier alpha value is -1.71. The SMILES string of the molecule is CCCC1CCC(C/C=c2/cc3c(c(F)c2F)=C(F)C(OCC)=CC3)CC1. The molecule has 0 heterocycles. The van der Waals surface area contributed by atoms with Gasteiger partial charge in [0.25, 0.3) is 0 Å². The molecule has 4 heteroatoms. The highest BCUT2D eigenvalue weighted by molar-refractivity contribution is 5.58. The maximum Gasteiger partial charge on any atom is 0.175 e. The molecule has 0 atom stereocenters. The van der Waals surface area contributed by atoms with Crippen LogP contribution in [0.2, 0.25) is 0 Å². The molecule has 0 bridgehead atoms. The van der Waals surface area contributed by atoms with Crippen molar-refractivity contribution in [2.24, 2.45) is 11.8 Å². The summed E-state index contributed by atoms with van der Waals surface area (Å²) in [6, 6.07) is 1.59. The van der Waals surface area contributed by atoms with E-state index < -0.39 is 17.5 Å². The van der Waals surface area contributed by atoms with E-state index in [0.29, 0.717) is 17.9 Å². The van der Waals surface area contributed by atoms with Crippen molar-refractivity contribution in [1.29, 1.82) is 0 Å². The summed E-state index contributed by atoms with van der Waals surface area (Å²) in [5, 5.41) is -0.0290. The molecule has 2 aliphatic carbocycles. The van der Waals surface area contributed by atoms with Crippen molar-refractivity contribution in [3.05, 3.63) is 45.5 Å². The Morgan fingerprint density at radius 3 is 2.41 bits per heavy atom. The summed E-state index contributed by atoms with van der Waals surface area (Å²) in [6.45, 7) is 4.24. The molecule has 3 rings (SSSR count). The molecule has 1 aromatic carbocycles. The van der Waals surface area contributed by atoms with Gasteiger partial charge in [-0.3, -0.25) is 0 Å². The Labute approximate surface area is 159 Å². The fourth-order valence-electron chi connectivity index (χ4n) is 4.40. The summed E-state index contributed by atoms with van der Waals surface area (Å²) >= 11 is 0. The Morgan fingerprint density at radius 2 is 1.74 bits per heavy atom. The van der Waals surface area contributed by atoms with E-state index in [-0.39, 0.29) is 22.8 Å². The average Bonchev–Trinajstić information content (AvgIpc) is 2.67. The Balaban J connectivity index is 1.81.